The highest BCUT2D eigenvalue weighted by Gasteiger charge is 2.30. The third-order valence-electron chi connectivity index (χ3n) is 4.57. The molecule has 9 nitrogen and oxygen atoms in total. The summed E-state index contributed by atoms with van der Waals surface area (Å²) in [6, 6.07) is 7.35. The number of halogens is 1. The fourth-order valence-corrected chi connectivity index (χ4v) is 3.29. The van der Waals surface area contributed by atoms with Gasteiger partial charge in [-0.1, -0.05) is 11.6 Å². The van der Waals surface area contributed by atoms with Crippen LogP contribution in [0.15, 0.2) is 36.5 Å². The molecule has 1 fully saturated rings. The maximum absolute atomic E-state index is 12.6. The van der Waals surface area contributed by atoms with Crippen LogP contribution in [0.4, 0.5) is 17.2 Å². The summed E-state index contributed by atoms with van der Waals surface area (Å²) >= 11 is 5.79. The highest BCUT2D eigenvalue weighted by molar-refractivity contribution is 6.30. The predicted molar refractivity (Wildman–Crippen MR) is 104 cm³/mol. The smallest absolute Gasteiger partial charge is 0.293 e. The fourth-order valence-electron chi connectivity index (χ4n) is 3.18. The molecule has 28 heavy (non-hydrogen) atoms. The van der Waals surface area contributed by atoms with Crippen molar-refractivity contribution in [3.05, 3.63) is 57.2 Å². The lowest BCUT2D eigenvalue weighted by atomic mass is 9.96. The number of primary amides is 1. The molecule has 3 rings (SSSR count). The number of piperidine rings is 1. The summed E-state index contributed by atoms with van der Waals surface area (Å²) in [5.41, 5.74) is 5.43. The van der Waals surface area contributed by atoms with Gasteiger partial charge in [0.2, 0.25) is 11.8 Å². The van der Waals surface area contributed by atoms with E-state index in [1.807, 2.05) is 0 Å². The van der Waals surface area contributed by atoms with Gasteiger partial charge >= 0.3 is 0 Å². The fraction of sp³-hybridized carbons (Fsp3) is 0.278. The zero-order chi connectivity index (χ0) is 20.3. The van der Waals surface area contributed by atoms with E-state index in [9.17, 15) is 19.7 Å². The van der Waals surface area contributed by atoms with Crippen LogP contribution in [0.3, 0.4) is 0 Å². The number of nitrogens with one attached hydrogen (secondary N) is 1. The van der Waals surface area contributed by atoms with E-state index in [0.717, 1.165) is 0 Å². The van der Waals surface area contributed by atoms with Crippen LogP contribution < -0.4 is 16.0 Å². The Bertz CT molecular complexity index is 919. The van der Waals surface area contributed by atoms with Crippen molar-refractivity contribution >= 4 is 40.6 Å². The number of rotatable bonds is 5. The molecule has 1 aromatic carbocycles. The van der Waals surface area contributed by atoms with E-state index in [4.69, 9.17) is 17.3 Å². The Morgan fingerprint density at radius 2 is 2.11 bits per heavy atom. The molecule has 1 atom stereocenters. The molecular formula is C18H18ClN5O4. The Morgan fingerprint density at radius 3 is 2.75 bits per heavy atom. The van der Waals surface area contributed by atoms with Crippen molar-refractivity contribution < 1.29 is 14.5 Å². The minimum absolute atomic E-state index is 0.0653. The molecule has 0 bridgehead atoms. The highest BCUT2D eigenvalue weighted by Crippen LogP contribution is 2.32. The molecule has 1 unspecified atom stereocenters. The predicted octanol–water partition coefficient (Wildman–Crippen LogP) is 2.60. The van der Waals surface area contributed by atoms with Crippen LogP contribution >= 0.6 is 11.6 Å². The molecule has 2 heterocycles. The van der Waals surface area contributed by atoms with Gasteiger partial charge in [-0.25, -0.2) is 4.98 Å². The number of pyridine rings is 1. The number of hydrogen-bond donors (Lipinski definition) is 2. The molecular weight excluding hydrogens is 386 g/mol. The molecule has 2 amide bonds. The van der Waals surface area contributed by atoms with Gasteiger partial charge in [0.15, 0.2) is 0 Å². The van der Waals surface area contributed by atoms with E-state index in [1.165, 1.54) is 24.4 Å². The molecule has 1 saturated heterocycles. The summed E-state index contributed by atoms with van der Waals surface area (Å²) in [5, 5.41) is 14.7. The van der Waals surface area contributed by atoms with Crippen LogP contribution in [-0.2, 0) is 4.79 Å². The molecule has 0 spiro atoms. The molecule has 1 aliphatic heterocycles. The van der Waals surface area contributed by atoms with Crippen molar-refractivity contribution in [3.63, 3.8) is 0 Å². The first kappa shape index (κ1) is 19.6. The first-order valence-electron chi connectivity index (χ1n) is 8.61. The second-order valence-corrected chi connectivity index (χ2v) is 6.90. The number of aromatic nitrogens is 1. The Kier molecular flexibility index (Phi) is 5.74. The van der Waals surface area contributed by atoms with E-state index in [-0.39, 0.29) is 23.1 Å². The van der Waals surface area contributed by atoms with E-state index < -0.39 is 10.8 Å². The molecule has 10 heteroatoms. The summed E-state index contributed by atoms with van der Waals surface area (Å²) in [4.78, 5) is 40.6. The Labute approximate surface area is 165 Å². The summed E-state index contributed by atoms with van der Waals surface area (Å²) in [5.74, 6) is -0.915. The second-order valence-electron chi connectivity index (χ2n) is 6.46. The lowest BCUT2D eigenvalue weighted by molar-refractivity contribution is -0.384. The van der Waals surface area contributed by atoms with Crippen molar-refractivity contribution in [3.8, 4) is 0 Å². The van der Waals surface area contributed by atoms with E-state index in [2.05, 4.69) is 10.3 Å². The minimum atomic E-state index is -0.735. The average molecular weight is 404 g/mol. The molecule has 1 aromatic heterocycles. The number of nitrogens with two attached hydrogens (primary N) is 1. The van der Waals surface area contributed by atoms with Crippen LogP contribution in [0, 0.1) is 16.0 Å². The van der Waals surface area contributed by atoms with Crippen molar-refractivity contribution in [2.24, 2.45) is 11.7 Å². The summed E-state index contributed by atoms with van der Waals surface area (Å²) in [7, 11) is 0. The van der Waals surface area contributed by atoms with E-state index in [1.54, 1.807) is 17.0 Å². The van der Waals surface area contributed by atoms with Gasteiger partial charge in [-0.3, -0.25) is 19.7 Å². The van der Waals surface area contributed by atoms with Crippen molar-refractivity contribution in [2.75, 3.05) is 23.3 Å². The quantitative estimate of drug-likeness (QED) is 0.582. The summed E-state index contributed by atoms with van der Waals surface area (Å²) in [6.07, 6.45) is 2.79. The average Bonchev–Trinajstić information content (AvgIpc) is 2.69. The van der Waals surface area contributed by atoms with Crippen LogP contribution in [0.2, 0.25) is 5.02 Å². The lowest BCUT2D eigenvalue weighted by Crippen LogP contribution is -2.41. The standard InChI is InChI=1S/C18H18ClN5O4/c19-13-4-6-16(21-9-13)22-18(26)12-2-1-7-23(10-12)14-5-3-11(17(20)25)8-15(14)24(27)28/h3-6,8-9,12H,1-2,7,10H2,(H2,20,25)(H,21,22,26). The Morgan fingerprint density at radius 1 is 1.32 bits per heavy atom. The van der Waals surface area contributed by atoms with Gasteiger partial charge in [-0.15, -0.1) is 0 Å². The number of amides is 2. The number of hydrogen-bond acceptors (Lipinski definition) is 6. The number of nitrogens with zero attached hydrogens (tertiary/aromatic N) is 3. The van der Waals surface area contributed by atoms with E-state index in [0.29, 0.717) is 42.5 Å². The monoisotopic (exact) mass is 403 g/mol. The summed E-state index contributed by atoms with van der Waals surface area (Å²) in [6.45, 7) is 0.885. The molecule has 0 aliphatic carbocycles. The van der Waals surface area contributed by atoms with Crippen molar-refractivity contribution in [2.45, 2.75) is 12.8 Å². The molecule has 2 aromatic rings. The van der Waals surface area contributed by atoms with Gasteiger partial charge in [0.1, 0.15) is 11.5 Å². The van der Waals surface area contributed by atoms with Crippen LogP contribution in [0.1, 0.15) is 23.2 Å². The number of carbonyl (C=O) groups is 2. The van der Waals surface area contributed by atoms with Crippen LogP contribution in [0.5, 0.6) is 0 Å². The molecule has 146 valence electrons. The number of carbonyl (C=O) groups excluding carboxylic acids is 2. The van der Waals surface area contributed by atoms with Gasteiger partial charge < -0.3 is 16.0 Å². The topological polar surface area (TPSA) is 131 Å². The van der Waals surface area contributed by atoms with Gasteiger partial charge in [0, 0.05) is 30.9 Å². The Balaban J connectivity index is 1.77. The Hall–Kier alpha value is -3.20. The molecule has 0 saturated carbocycles. The van der Waals surface area contributed by atoms with Crippen molar-refractivity contribution in [1.29, 1.82) is 0 Å². The second kappa shape index (κ2) is 8.22. The van der Waals surface area contributed by atoms with Crippen LogP contribution in [-0.4, -0.2) is 34.8 Å². The van der Waals surface area contributed by atoms with Crippen LogP contribution in [0.25, 0.3) is 0 Å². The lowest BCUT2D eigenvalue weighted by Gasteiger charge is -2.33. The maximum atomic E-state index is 12.6. The zero-order valence-electron chi connectivity index (χ0n) is 14.8. The van der Waals surface area contributed by atoms with Gasteiger partial charge in [0.25, 0.3) is 5.69 Å². The normalized spacial score (nSPS) is 16.5. The van der Waals surface area contributed by atoms with Gasteiger partial charge in [-0.2, -0.15) is 0 Å². The molecule has 1 aliphatic rings. The zero-order valence-corrected chi connectivity index (χ0v) is 15.6. The van der Waals surface area contributed by atoms with Gasteiger partial charge in [0.05, 0.1) is 15.9 Å². The first-order chi connectivity index (χ1) is 13.3. The maximum Gasteiger partial charge on any atom is 0.293 e. The molecule has 3 N–H and O–H groups in total. The minimum Gasteiger partial charge on any atom is -0.366 e. The van der Waals surface area contributed by atoms with Gasteiger partial charge in [-0.05, 0) is 37.1 Å². The highest BCUT2D eigenvalue weighted by atomic mass is 35.5. The SMILES string of the molecule is NC(=O)c1ccc(N2CCCC(C(=O)Nc3ccc(Cl)cn3)C2)c([N+](=O)[O-])c1. The van der Waals surface area contributed by atoms with Crippen molar-refractivity contribution in [1.82, 2.24) is 4.98 Å². The third kappa shape index (κ3) is 4.37. The third-order valence-corrected chi connectivity index (χ3v) is 4.79. The summed E-state index contributed by atoms with van der Waals surface area (Å²) < 4.78 is 0. The molecule has 0 radical (unpaired) electrons. The largest absolute Gasteiger partial charge is 0.366 e. The number of benzene rings is 1. The number of anilines is 2. The van der Waals surface area contributed by atoms with E-state index >= 15 is 0 Å². The number of nitro groups is 1. The number of nitro benzene ring substituents is 1. The first-order valence-corrected chi connectivity index (χ1v) is 8.98.